The molecule has 2 aliphatic heterocycles. The van der Waals surface area contributed by atoms with Gasteiger partial charge in [-0.25, -0.2) is 14.2 Å². The summed E-state index contributed by atoms with van der Waals surface area (Å²) in [5.74, 6) is -0.281. The van der Waals surface area contributed by atoms with Crippen molar-refractivity contribution in [3.05, 3.63) is 70.1 Å². The number of esters is 1. The lowest BCUT2D eigenvalue weighted by molar-refractivity contribution is -0.138. The number of carbonyl (C=O) groups excluding carboxylic acids is 1. The molecule has 0 spiro atoms. The second-order valence-corrected chi connectivity index (χ2v) is 7.07. The van der Waals surface area contributed by atoms with Crippen molar-refractivity contribution in [2.45, 2.75) is 6.92 Å². The Balaban J connectivity index is 1.74. The molecule has 2 heterocycles. The molecular formula is C21H16FNO5S. The van der Waals surface area contributed by atoms with Gasteiger partial charge in [0.15, 0.2) is 11.5 Å². The second-order valence-electron chi connectivity index (χ2n) is 6.04. The normalized spacial score (nSPS) is 18.0. The Hall–Kier alpha value is -3.26. The molecule has 1 N–H and O–H groups in total. The van der Waals surface area contributed by atoms with Gasteiger partial charge >= 0.3 is 5.97 Å². The predicted octanol–water partition coefficient (Wildman–Crippen LogP) is 4.75. The van der Waals surface area contributed by atoms with E-state index in [1.54, 1.807) is 43.3 Å². The van der Waals surface area contributed by atoms with E-state index >= 15 is 0 Å². The van der Waals surface area contributed by atoms with E-state index in [0.717, 1.165) is 17.3 Å². The number of rotatable bonds is 4. The number of aliphatic hydroxyl groups excluding tert-OH is 1. The number of hydrogen-bond donors (Lipinski definition) is 1. The largest absolute Gasteiger partial charge is 0.506 e. The Morgan fingerprint density at radius 2 is 2.07 bits per heavy atom. The second kappa shape index (κ2) is 8.00. The van der Waals surface area contributed by atoms with Crippen LogP contribution in [0.4, 0.5) is 10.1 Å². The lowest BCUT2D eigenvalue weighted by atomic mass is 10.1. The number of nitrogens with zero attached hydrogens (tertiary/aromatic N) is 1. The highest BCUT2D eigenvalue weighted by Gasteiger charge is 2.33. The van der Waals surface area contributed by atoms with Gasteiger partial charge in [-0.05, 0) is 42.8 Å². The van der Waals surface area contributed by atoms with Crippen molar-refractivity contribution < 1.29 is 28.5 Å². The lowest BCUT2D eigenvalue weighted by Crippen LogP contribution is -2.12. The predicted molar refractivity (Wildman–Crippen MR) is 108 cm³/mol. The molecule has 2 aliphatic rings. The highest BCUT2D eigenvalue weighted by atomic mass is 32.2. The van der Waals surface area contributed by atoms with E-state index in [2.05, 4.69) is 4.99 Å². The fourth-order valence-electron chi connectivity index (χ4n) is 2.80. The number of thioether (sulfide) groups is 1. The van der Waals surface area contributed by atoms with Crippen molar-refractivity contribution >= 4 is 34.5 Å². The van der Waals surface area contributed by atoms with Crippen LogP contribution < -0.4 is 9.47 Å². The molecule has 8 heteroatoms. The summed E-state index contributed by atoms with van der Waals surface area (Å²) < 4.78 is 29.7. The summed E-state index contributed by atoms with van der Waals surface area (Å²) >= 11 is 1.06. The first-order valence-corrected chi connectivity index (χ1v) is 9.62. The molecule has 4 rings (SSSR count). The molecule has 0 atom stereocenters. The Bertz CT molecular complexity index is 1080. The number of benzene rings is 2. The molecule has 0 radical (unpaired) electrons. The van der Waals surface area contributed by atoms with E-state index in [1.165, 1.54) is 12.1 Å². The fraction of sp³-hybridized carbons (Fsp3) is 0.143. The molecule has 0 saturated carbocycles. The van der Waals surface area contributed by atoms with Crippen LogP contribution in [0.1, 0.15) is 12.5 Å². The Labute approximate surface area is 170 Å². The van der Waals surface area contributed by atoms with Gasteiger partial charge < -0.3 is 19.3 Å². The molecule has 0 aromatic heterocycles. The van der Waals surface area contributed by atoms with Crippen LogP contribution in [0.15, 0.2) is 63.7 Å². The first-order chi connectivity index (χ1) is 14.1. The van der Waals surface area contributed by atoms with Crippen LogP contribution in [-0.4, -0.2) is 29.5 Å². The number of aliphatic hydroxyl groups is 1. The molecule has 0 unspecified atom stereocenters. The minimum atomic E-state index is -0.721. The van der Waals surface area contributed by atoms with Crippen molar-refractivity contribution in [3.8, 4) is 11.5 Å². The summed E-state index contributed by atoms with van der Waals surface area (Å²) in [5.41, 5.74) is 0.708. The van der Waals surface area contributed by atoms with Gasteiger partial charge in [-0.3, -0.25) is 0 Å². The maximum absolute atomic E-state index is 14.0. The summed E-state index contributed by atoms with van der Waals surface area (Å²) in [6.45, 7) is 1.95. The van der Waals surface area contributed by atoms with E-state index in [-0.39, 0.29) is 35.5 Å². The Kier molecular flexibility index (Phi) is 5.26. The molecule has 0 saturated heterocycles. The van der Waals surface area contributed by atoms with Crippen molar-refractivity contribution in [2.24, 2.45) is 4.99 Å². The van der Waals surface area contributed by atoms with Crippen molar-refractivity contribution in [3.63, 3.8) is 0 Å². The SMILES string of the molecule is CCOC(=O)C1=C(O)/C(=C\c2ccc3c(c2)OCO3)SC1=Nc1ccccc1F. The number of ether oxygens (including phenoxy) is 3. The van der Waals surface area contributed by atoms with Gasteiger partial charge in [-0.15, -0.1) is 0 Å². The molecule has 0 amide bonds. The minimum Gasteiger partial charge on any atom is -0.506 e. The van der Waals surface area contributed by atoms with Gasteiger partial charge in [0.1, 0.15) is 27.9 Å². The number of para-hydroxylation sites is 1. The average molecular weight is 413 g/mol. The fourth-order valence-corrected chi connectivity index (χ4v) is 3.83. The van der Waals surface area contributed by atoms with Crippen molar-refractivity contribution in [1.29, 1.82) is 0 Å². The molecule has 0 fully saturated rings. The zero-order valence-electron chi connectivity index (χ0n) is 15.3. The Morgan fingerprint density at radius 1 is 1.28 bits per heavy atom. The molecule has 2 aromatic carbocycles. The molecule has 29 heavy (non-hydrogen) atoms. The van der Waals surface area contributed by atoms with Crippen LogP contribution in [0, 0.1) is 5.82 Å². The van der Waals surface area contributed by atoms with E-state index in [1.807, 2.05) is 0 Å². The summed E-state index contributed by atoms with van der Waals surface area (Å²) in [6.07, 6.45) is 1.69. The third-order valence-corrected chi connectivity index (χ3v) is 5.16. The number of carbonyl (C=O) groups is 1. The van der Waals surface area contributed by atoms with Gasteiger partial charge in [0.2, 0.25) is 6.79 Å². The van der Waals surface area contributed by atoms with Crippen LogP contribution in [0.5, 0.6) is 11.5 Å². The van der Waals surface area contributed by atoms with Crippen LogP contribution in [0.3, 0.4) is 0 Å². The van der Waals surface area contributed by atoms with E-state index in [9.17, 15) is 14.3 Å². The summed E-state index contributed by atoms with van der Waals surface area (Å²) in [7, 11) is 0. The highest BCUT2D eigenvalue weighted by molar-refractivity contribution is 8.18. The van der Waals surface area contributed by atoms with Crippen molar-refractivity contribution in [1.82, 2.24) is 0 Å². The van der Waals surface area contributed by atoms with Crippen LogP contribution in [0.2, 0.25) is 0 Å². The van der Waals surface area contributed by atoms with Gasteiger partial charge in [0, 0.05) is 0 Å². The number of halogens is 1. The molecule has 0 bridgehead atoms. The van der Waals surface area contributed by atoms with E-state index < -0.39 is 11.8 Å². The zero-order chi connectivity index (χ0) is 20.4. The van der Waals surface area contributed by atoms with Gasteiger partial charge in [0.25, 0.3) is 0 Å². The maximum Gasteiger partial charge on any atom is 0.344 e. The molecule has 2 aromatic rings. The summed E-state index contributed by atoms with van der Waals surface area (Å²) in [4.78, 5) is 17.0. The number of hydrogen-bond acceptors (Lipinski definition) is 7. The minimum absolute atomic E-state index is 0.0638. The van der Waals surface area contributed by atoms with Crippen LogP contribution in [0.25, 0.3) is 6.08 Å². The molecule has 0 aliphatic carbocycles. The molecule has 148 valence electrons. The number of aliphatic imine (C=N–C) groups is 1. The van der Waals surface area contributed by atoms with Crippen molar-refractivity contribution in [2.75, 3.05) is 13.4 Å². The monoisotopic (exact) mass is 413 g/mol. The van der Waals surface area contributed by atoms with Crippen LogP contribution >= 0.6 is 11.8 Å². The highest BCUT2D eigenvalue weighted by Crippen LogP contribution is 2.41. The summed E-state index contributed by atoms with van der Waals surface area (Å²) in [6, 6.07) is 11.3. The van der Waals surface area contributed by atoms with Crippen LogP contribution in [-0.2, 0) is 9.53 Å². The number of fused-ring (bicyclic) bond motifs is 1. The molecular weight excluding hydrogens is 397 g/mol. The van der Waals surface area contributed by atoms with Gasteiger partial charge in [-0.2, -0.15) is 0 Å². The zero-order valence-corrected chi connectivity index (χ0v) is 16.2. The maximum atomic E-state index is 14.0. The first-order valence-electron chi connectivity index (χ1n) is 8.80. The van der Waals surface area contributed by atoms with E-state index in [4.69, 9.17) is 14.2 Å². The van der Waals surface area contributed by atoms with E-state index in [0.29, 0.717) is 16.4 Å². The lowest BCUT2D eigenvalue weighted by Gasteiger charge is -2.04. The van der Waals surface area contributed by atoms with Gasteiger partial charge in [0.05, 0.1) is 11.5 Å². The standard InChI is InChI=1S/C21H16FNO5S/c1-2-26-21(25)18-19(24)17(10-12-7-8-15-16(9-12)28-11-27-15)29-20(18)23-14-6-4-3-5-13(14)22/h3-10,24H,2,11H2,1H3/b17-10+,23-20?. The Morgan fingerprint density at radius 3 is 2.86 bits per heavy atom. The first kappa shape index (κ1) is 19.1. The van der Waals surface area contributed by atoms with Gasteiger partial charge in [-0.1, -0.05) is 30.0 Å². The smallest absolute Gasteiger partial charge is 0.344 e. The quantitative estimate of drug-likeness (QED) is 0.729. The third kappa shape index (κ3) is 3.84. The topological polar surface area (TPSA) is 77.4 Å². The average Bonchev–Trinajstić information content (AvgIpc) is 3.28. The third-order valence-electron chi connectivity index (χ3n) is 4.14. The molecule has 6 nitrogen and oxygen atoms in total. The summed E-state index contributed by atoms with van der Waals surface area (Å²) in [5, 5.41) is 10.8.